The van der Waals surface area contributed by atoms with Crippen LogP contribution in [-0.4, -0.2) is 30.8 Å². The predicted octanol–water partition coefficient (Wildman–Crippen LogP) is 2.21. The molecule has 0 aromatic heterocycles. The summed E-state index contributed by atoms with van der Waals surface area (Å²) in [5.74, 6) is 0.619. The number of hydrogen-bond acceptors (Lipinski definition) is 3. The van der Waals surface area contributed by atoms with Crippen LogP contribution in [0.2, 0.25) is 0 Å². The number of benzene rings is 1. The van der Waals surface area contributed by atoms with Crippen molar-refractivity contribution in [3.05, 3.63) is 34.9 Å². The zero-order chi connectivity index (χ0) is 15.1. The van der Waals surface area contributed by atoms with E-state index in [-0.39, 0.29) is 18.6 Å². The molecule has 20 heavy (non-hydrogen) atoms. The van der Waals surface area contributed by atoms with Crippen molar-refractivity contribution in [2.24, 2.45) is 0 Å². The average molecular weight is 277 g/mol. The molecule has 1 amide bonds. The Morgan fingerprint density at radius 3 is 2.45 bits per heavy atom. The maximum atomic E-state index is 11.8. The largest absolute Gasteiger partial charge is 0.497 e. The molecular formula is C16H23NO3. The number of methoxy groups -OCH3 is 1. The molecule has 1 aromatic rings. The third kappa shape index (κ3) is 4.38. The summed E-state index contributed by atoms with van der Waals surface area (Å²) in [6, 6.07) is 3.69. The number of aliphatic hydroxyl groups is 1. The smallest absolute Gasteiger partial charge is 0.244 e. The second kappa shape index (κ2) is 7.70. The zero-order valence-corrected chi connectivity index (χ0v) is 12.6. The van der Waals surface area contributed by atoms with Gasteiger partial charge in [-0.15, -0.1) is 0 Å². The third-order valence-electron chi connectivity index (χ3n) is 3.26. The number of carbonyl (C=O) groups is 1. The summed E-state index contributed by atoms with van der Waals surface area (Å²) in [4.78, 5) is 11.8. The summed E-state index contributed by atoms with van der Waals surface area (Å²) < 4.78 is 5.21. The molecule has 0 saturated heterocycles. The topological polar surface area (TPSA) is 58.6 Å². The maximum absolute atomic E-state index is 11.8. The minimum Gasteiger partial charge on any atom is -0.497 e. The van der Waals surface area contributed by atoms with Gasteiger partial charge in [0.2, 0.25) is 5.91 Å². The highest BCUT2D eigenvalue weighted by Gasteiger charge is 2.07. The van der Waals surface area contributed by atoms with Gasteiger partial charge >= 0.3 is 0 Å². The molecule has 1 atom stereocenters. The maximum Gasteiger partial charge on any atom is 0.244 e. The lowest BCUT2D eigenvalue weighted by Crippen LogP contribution is -2.35. The van der Waals surface area contributed by atoms with Gasteiger partial charge < -0.3 is 15.2 Å². The van der Waals surface area contributed by atoms with Crippen LogP contribution in [0.3, 0.4) is 0 Å². The third-order valence-corrected chi connectivity index (χ3v) is 3.26. The van der Waals surface area contributed by atoms with Crippen molar-refractivity contribution in [3.63, 3.8) is 0 Å². The fraction of sp³-hybridized carbons (Fsp3) is 0.438. The number of hydrogen-bond donors (Lipinski definition) is 2. The molecule has 0 aliphatic carbocycles. The van der Waals surface area contributed by atoms with E-state index < -0.39 is 0 Å². The van der Waals surface area contributed by atoms with Gasteiger partial charge in [-0.25, -0.2) is 0 Å². The molecule has 110 valence electrons. The molecule has 0 bridgehead atoms. The lowest BCUT2D eigenvalue weighted by molar-refractivity contribution is -0.117. The van der Waals surface area contributed by atoms with Crippen molar-refractivity contribution in [3.8, 4) is 5.75 Å². The van der Waals surface area contributed by atoms with Crippen molar-refractivity contribution < 1.29 is 14.6 Å². The van der Waals surface area contributed by atoms with Crippen LogP contribution in [0.1, 0.15) is 30.0 Å². The Bertz CT molecular complexity index is 467. The summed E-state index contributed by atoms with van der Waals surface area (Å²) in [6.45, 7) is 5.84. The summed E-state index contributed by atoms with van der Waals surface area (Å²) in [5.41, 5.74) is 3.12. The lowest BCUT2D eigenvalue weighted by atomic mass is 10.0. The summed E-state index contributed by atoms with van der Waals surface area (Å²) >= 11 is 0. The van der Waals surface area contributed by atoms with Crippen LogP contribution < -0.4 is 10.1 Å². The van der Waals surface area contributed by atoms with E-state index in [1.54, 1.807) is 13.2 Å². The highest BCUT2D eigenvalue weighted by atomic mass is 16.5. The van der Waals surface area contributed by atoms with Gasteiger partial charge in [-0.1, -0.05) is 6.92 Å². The van der Waals surface area contributed by atoms with E-state index in [0.29, 0.717) is 6.42 Å². The first-order chi connectivity index (χ1) is 9.51. The van der Waals surface area contributed by atoms with Crippen molar-refractivity contribution >= 4 is 12.0 Å². The van der Waals surface area contributed by atoms with E-state index in [0.717, 1.165) is 22.4 Å². The highest BCUT2D eigenvalue weighted by Crippen LogP contribution is 2.22. The molecule has 2 N–H and O–H groups in total. The second-order valence-electron chi connectivity index (χ2n) is 4.80. The average Bonchev–Trinajstić information content (AvgIpc) is 2.43. The van der Waals surface area contributed by atoms with Crippen LogP contribution in [0.4, 0.5) is 0 Å². The SMILES string of the molecule is CCC(CO)NC(=O)/C=C/c1c(C)cc(OC)cc1C. The van der Waals surface area contributed by atoms with Crippen LogP contribution >= 0.6 is 0 Å². The van der Waals surface area contributed by atoms with E-state index in [4.69, 9.17) is 9.84 Å². The van der Waals surface area contributed by atoms with Gasteiger partial charge in [0.25, 0.3) is 0 Å². The molecule has 4 nitrogen and oxygen atoms in total. The number of aryl methyl sites for hydroxylation is 2. The summed E-state index contributed by atoms with van der Waals surface area (Å²) in [5, 5.41) is 11.8. The standard InChI is InChI=1S/C16H23NO3/c1-5-13(10-18)17-16(19)7-6-15-11(2)8-14(20-4)9-12(15)3/h6-9,13,18H,5,10H2,1-4H3,(H,17,19)/b7-6+. The first-order valence-electron chi connectivity index (χ1n) is 6.76. The normalized spacial score (nSPS) is 12.4. The highest BCUT2D eigenvalue weighted by molar-refractivity contribution is 5.92. The van der Waals surface area contributed by atoms with Gasteiger partial charge in [0.1, 0.15) is 5.75 Å². The van der Waals surface area contributed by atoms with Gasteiger partial charge in [-0.05, 0) is 55.2 Å². The van der Waals surface area contributed by atoms with Gasteiger partial charge in [-0.3, -0.25) is 4.79 Å². The number of carbonyl (C=O) groups excluding carboxylic acids is 1. The van der Waals surface area contributed by atoms with E-state index in [1.165, 1.54) is 6.08 Å². The quantitative estimate of drug-likeness (QED) is 0.784. The molecule has 0 spiro atoms. The molecule has 0 fully saturated rings. The monoisotopic (exact) mass is 277 g/mol. The zero-order valence-electron chi connectivity index (χ0n) is 12.6. The van der Waals surface area contributed by atoms with Crippen LogP contribution in [-0.2, 0) is 4.79 Å². The Balaban J connectivity index is 2.82. The van der Waals surface area contributed by atoms with E-state index in [9.17, 15) is 4.79 Å². The van der Waals surface area contributed by atoms with Gasteiger partial charge in [0, 0.05) is 6.08 Å². The van der Waals surface area contributed by atoms with Gasteiger partial charge in [0.05, 0.1) is 19.8 Å². The Hall–Kier alpha value is -1.81. The van der Waals surface area contributed by atoms with E-state index in [1.807, 2.05) is 32.9 Å². The molecule has 0 aliphatic rings. The van der Waals surface area contributed by atoms with Crippen LogP contribution in [0, 0.1) is 13.8 Å². The molecule has 1 rings (SSSR count). The second-order valence-corrected chi connectivity index (χ2v) is 4.80. The van der Waals surface area contributed by atoms with Crippen molar-refractivity contribution in [1.82, 2.24) is 5.32 Å². The molecule has 0 radical (unpaired) electrons. The Kier molecular flexibility index (Phi) is 6.25. The van der Waals surface area contributed by atoms with Crippen molar-refractivity contribution in [2.45, 2.75) is 33.2 Å². The molecule has 0 heterocycles. The molecular weight excluding hydrogens is 254 g/mol. The first kappa shape index (κ1) is 16.2. The fourth-order valence-electron chi connectivity index (χ4n) is 2.00. The minimum atomic E-state index is -0.194. The number of aliphatic hydroxyl groups excluding tert-OH is 1. The molecule has 1 aromatic carbocycles. The fourth-order valence-corrected chi connectivity index (χ4v) is 2.00. The Morgan fingerprint density at radius 2 is 2.00 bits per heavy atom. The molecule has 0 aliphatic heterocycles. The van der Waals surface area contributed by atoms with Crippen LogP contribution in [0.25, 0.3) is 6.08 Å². The van der Waals surface area contributed by atoms with Crippen molar-refractivity contribution in [2.75, 3.05) is 13.7 Å². The summed E-state index contributed by atoms with van der Waals surface area (Å²) in [6.07, 6.45) is 4.00. The van der Waals surface area contributed by atoms with E-state index >= 15 is 0 Å². The van der Waals surface area contributed by atoms with Gasteiger partial charge in [-0.2, -0.15) is 0 Å². The Morgan fingerprint density at radius 1 is 1.40 bits per heavy atom. The van der Waals surface area contributed by atoms with Crippen LogP contribution in [0.5, 0.6) is 5.75 Å². The molecule has 4 heteroatoms. The first-order valence-corrected chi connectivity index (χ1v) is 6.76. The van der Waals surface area contributed by atoms with Gasteiger partial charge in [0.15, 0.2) is 0 Å². The number of rotatable bonds is 6. The minimum absolute atomic E-state index is 0.0450. The molecule has 0 saturated carbocycles. The van der Waals surface area contributed by atoms with Crippen LogP contribution in [0.15, 0.2) is 18.2 Å². The number of amides is 1. The van der Waals surface area contributed by atoms with E-state index in [2.05, 4.69) is 5.32 Å². The van der Waals surface area contributed by atoms with Crippen molar-refractivity contribution in [1.29, 1.82) is 0 Å². The molecule has 1 unspecified atom stereocenters. The number of ether oxygens (including phenoxy) is 1. The summed E-state index contributed by atoms with van der Waals surface area (Å²) in [7, 11) is 1.64. The number of nitrogens with one attached hydrogen (secondary N) is 1. The Labute approximate surface area is 120 Å². The lowest BCUT2D eigenvalue weighted by Gasteiger charge is -2.12. The predicted molar refractivity (Wildman–Crippen MR) is 80.8 cm³/mol.